The number of halogens is 2. The predicted octanol–water partition coefficient (Wildman–Crippen LogP) is 5.01. The third-order valence-corrected chi connectivity index (χ3v) is 8.16. The zero-order chi connectivity index (χ0) is 27.9. The fourth-order valence-electron chi connectivity index (χ4n) is 3.74. The summed E-state index contributed by atoms with van der Waals surface area (Å²) in [7, 11) is -4.20. The maximum Gasteiger partial charge on any atom is 0.264 e. The van der Waals surface area contributed by atoms with Crippen molar-refractivity contribution in [1.29, 1.82) is 0 Å². The minimum absolute atomic E-state index is 0.0249. The van der Waals surface area contributed by atoms with E-state index >= 15 is 0 Å². The normalized spacial score (nSPS) is 12.9. The molecule has 0 aliphatic rings. The Kier molecular flexibility index (Phi) is 9.88. The molecule has 0 radical (unpaired) electrons. The molecule has 3 rings (SSSR count). The highest BCUT2D eigenvalue weighted by Gasteiger charge is 2.32. The van der Waals surface area contributed by atoms with Crippen molar-refractivity contribution < 1.29 is 22.4 Å². The van der Waals surface area contributed by atoms with E-state index < -0.39 is 34.3 Å². The second-order valence-electron chi connectivity index (χ2n) is 8.95. The highest BCUT2D eigenvalue weighted by molar-refractivity contribution is 7.92. The molecule has 202 valence electrons. The highest BCUT2D eigenvalue weighted by Crippen LogP contribution is 2.25. The molecular weight excluding hydrogens is 529 g/mol. The van der Waals surface area contributed by atoms with Gasteiger partial charge in [0.05, 0.1) is 10.6 Å². The number of nitrogens with one attached hydrogen (secondary N) is 1. The number of benzene rings is 3. The Hall–Kier alpha value is -3.43. The highest BCUT2D eigenvalue weighted by atomic mass is 35.5. The van der Waals surface area contributed by atoms with E-state index in [2.05, 4.69) is 5.32 Å². The smallest absolute Gasteiger partial charge is 0.264 e. The fraction of sp³-hybridized carbons (Fsp3) is 0.286. The summed E-state index contributed by atoms with van der Waals surface area (Å²) in [5.41, 5.74) is 0.788. The Morgan fingerprint density at radius 1 is 0.974 bits per heavy atom. The van der Waals surface area contributed by atoms with Crippen molar-refractivity contribution in [3.8, 4) is 0 Å². The van der Waals surface area contributed by atoms with Crippen LogP contribution in [0.1, 0.15) is 32.8 Å². The van der Waals surface area contributed by atoms with Crippen LogP contribution in [0.3, 0.4) is 0 Å². The number of carbonyl (C=O) groups is 2. The van der Waals surface area contributed by atoms with Gasteiger partial charge in [0.15, 0.2) is 0 Å². The van der Waals surface area contributed by atoms with Gasteiger partial charge in [0.1, 0.15) is 18.4 Å². The van der Waals surface area contributed by atoms with Crippen LogP contribution in [-0.2, 0) is 26.2 Å². The van der Waals surface area contributed by atoms with E-state index in [1.165, 1.54) is 29.2 Å². The van der Waals surface area contributed by atoms with Crippen LogP contribution in [0, 0.1) is 5.82 Å². The average Bonchev–Trinajstić information content (AvgIpc) is 2.90. The van der Waals surface area contributed by atoms with Gasteiger partial charge in [-0.15, -0.1) is 0 Å². The number of hydrogen-bond donors (Lipinski definition) is 1. The van der Waals surface area contributed by atoms with Crippen molar-refractivity contribution in [2.75, 3.05) is 10.8 Å². The van der Waals surface area contributed by atoms with Crippen LogP contribution in [0.5, 0.6) is 0 Å². The molecular formula is C28H31ClFN3O4S. The molecule has 0 saturated heterocycles. The lowest BCUT2D eigenvalue weighted by molar-refractivity contribution is -0.139. The first-order valence-electron chi connectivity index (χ1n) is 12.2. The lowest BCUT2D eigenvalue weighted by Crippen LogP contribution is -2.52. The van der Waals surface area contributed by atoms with Gasteiger partial charge in [-0.2, -0.15) is 0 Å². The largest absolute Gasteiger partial charge is 0.352 e. The Balaban J connectivity index is 2.01. The number of hydrogen-bond acceptors (Lipinski definition) is 4. The number of anilines is 1. The summed E-state index contributed by atoms with van der Waals surface area (Å²) in [4.78, 5) is 28.1. The molecule has 2 atom stereocenters. The molecule has 10 heteroatoms. The van der Waals surface area contributed by atoms with Crippen molar-refractivity contribution in [2.24, 2.45) is 0 Å². The van der Waals surface area contributed by atoms with Crippen LogP contribution >= 0.6 is 11.6 Å². The first kappa shape index (κ1) is 29.1. The van der Waals surface area contributed by atoms with Gasteiger partial charge in [0.2, 0.25) is 11.8 Å². The molecule has 38 heavy (non-hydrogen) atoms. The third kappa shape index (κ3) is 7.33. The van der Waals surface area contributed by atoms with Crippen molar-refractivity contribution in [3.05, 3.63) is 95.3 Å². The summed E-state index contributed by atoms with van der Waals surface area (Å²) >= 11 is 6.14. The monoisotopic (exact) mass is 559 g/mol. The molecule has 3 aromatic rings. The second-order valence-corrected chi connectivity index (χ2v) is 11.2. The molecule has 0 aliphatic carbocycles. The molecule has 0 aliphatic heterocycles. The molecule has 0 unspecified atom stereocenters. The zero-order valence-corrected chi connectivity index (χ0v) is 23.0. The molecule has 0 spiro atoms. The maximum absolute atomic E-state index is 13.8. The second kappa shape index (κ2) is 12.9. The molecule has 0 heterocycles. The van der Waals surface area contributed by atoms with Gasteiger partial charge in [-0.25, -0.2) is 12.8 Å². The minimum Gasteiger partial charge on any atom is -0.352 e. The lowest BCUT2D eigenvalue weighted by atomic mass is 10.1. The molecule has 0 aromatic heterocycles. The maximum atomic E-state index is 13.8. The number of carbonyl (C=O) groups excluding carboxylic acids is 2. The van der Waals surface area contributed by atoms with Gasteiger partial charge in [-0.1, -0.05) is 48.9 Å². The van der Waals surface area contributed by atoms with Crippen molar-refractivity contribution in [2.45, 2.75) is 50.7 Å². The summed E-state index contributed by atoms with van der Waals surface area (Å²) in [6.45, 7) is 4.80. The third-order valence-electron chi connectivity index (χ3n) is 6.13. The molecule has 0 bridgehead atoms. The quantitative estimate of drug-likeness (QED) is 0.358. The molecule has 3 aromatic carbocycles. The SMILES string of the molecule is CC[C@@H](C)NC(=O)[C@@H](C)N(Cc1cccc(Cl)c1)C(=O)CN(c1ccc(F)cc1)S(=O)(=O)c1ccccc1. The van der Waals surface area contributed by atoms with E-state index in [4.69, 9.17) is 11.6 Å². The van der Waals surface area contributed by atoms with Gasteiger partial charge in [0, 0.05) is 17.6 Å². The van der Waals surface area contributed by atoms with Gasteiger partial charge in [-0.3, -0.25) is 13.9 Å². The zero-order valence-electron chi connectivity index (χ0n) is 21.5. The van der Waals surface area contributed by atoms with Crippen LogP contribution in [0.4, 0.5) is 10.1 Å². The fourth-order valence-corrected chi connectivity index (χ4v) is 5.38. The topological polar surface area (TPSA) is 86.8 Å². The van der Waals surface area contributed by atoms with E-state index in [9.17, 15) is 22.4 Å². The van der Waals surface area contributed by atoms with Crippen LogP contribution in [0.2, 0.25) is 5.02 Å². The standard InChI is InChI=1S/C28H31ClFN3O4S/c1-4-20(2)31-28(35)21(3)32(18-22-9-8-10-23(29)17-22)27(34)19-33(25-15-13-24(30)14-16-25)38(36,37)26-11-6-5-7-12-26/h5-17,20-21H,4,18-19H2,1-3H3,(H,31,35)/t20-,21-/m1/s1. The predicted molar refractivity (Wildman–Crippen MR) is 147 cm³/mol. The number of amides is 2. The van der Waals surface area contributed by atoms with E-state index in [0.717, 1.165) is 16.4 Å². The number of nitrogens with zero attached hydrogens (tertiary/aromatic N) is 2. The van der Waals surface area contributed by atoms with Crippen molar-refractivity contribution >= 4 is 39.1 Å². The van der Waals surface area contributed by atoms with Crippen LogP contribution in [-0.4, -0.2) is 43.8 Å². The first-order valence-corrected chi connectivity index (χ1v) is 14.0. The lowest BCUT2D eigenvalue weighted by Gasteiger charge is -2.32. The summed E-state index contributed by atoms with van der Waals surface area (Å²) in [6.07, 6.45) is 0.703. The van der Waals surface area contributed by atoms with Crippen LogP contribution in [0.15, 0.2) is 83.8 Å². The average molecular weight is 560 g/mol. The van der Waals surface area contributed by atoms with Crippen molar-refractivity contribution in [3.63, 3.8) is 0 Å². The summed E-state index contributed by atoms with van der Waals surface area (Å²) in [5.74, 6) is -1.52. The first-order chi connectivity index (χ1) is 18.0. The molecule has 7 nitrogen and oxygen atoms in total. The summed E-state index contributed by atoms with van der Waals surface area (Å²) in [5, 5.41) is 3.34. The van der Waals surface area contributed by atoms with Gasteiger partial charge in [0.25, 0.3) is 10.0 Å². The Bertz CT molecular complexity index is 1350. The van der Waals surface area contributed by atoms with E-state index in [-0.39, 0.29) is 29.1 Å². The molecule has 0 saturated carbocycles. The Labute approximate surface area is 228 Å². The Morgan fingerprint density at radius 2 is 1.63 bits per heavy atom. The molecule has 0 fully saturated rings. The van der Waals surface area contributed by atoms with E-state index in [1.807, 2.05) is 13.8 Å². The molecule has 1 N–H and O–H groups in total. The van der Waals surface area contributed by atoms with E-state index in [1.54, 1.807) is 49.4 Å². The Morgan fingerprint density at radius 3 is 2.24 bits per heavy atom. The number of sulfonamides is 1. The van der Waals surface area contributed by atoms with Crippen molar-refractivity contribution in [1.82, 2.24) is 10.2 Å². The summed E-state index contributed by atoms with van der Waals surface area (Å²) in [6, 6.07) is 18.4. The van der Waals surface area contributed by atoms with Crippen LogP contribution in [0.25, 0.3) is 0 Å². The summed E-state index contributed by atoms with van der Waals surface area (Å²) < 4.78 is 41.9. The number of rotatable bonds is 11. The van der Waals surface area contributed by atoms with E-state index in [0.29, 0.717) is 17.0 Å². The minimum atomic E-state index is -4.20. The van der Waals surface area contributed by atoms with Gasteiger partial charge in [-0.05, 0) is 74.4 Å². The van der Waals surface area contributed by atoms with Gasteiger partial charge >= 0.3 is 0 Å². The van der Waals surface area contributed by atoms with Crippen LogP contribution < -0.4 is 9.62 Å². The molecule has 2 amide bonds. The van der Waals surface area contributed by atoms with Gasteiger partial charge < -0.3 is 10.2 Å².